The molecule has 1 radical (unpaired) electrons. The van der Waals surface area contributed by atoms with E-state index in [1.165, 1.54) is 5.39 Å². The van der Waals surface area contributed by atoms with Crippen LogP contribution in [-0.4, -0.2) is 0 Å². The fraction of sp³-hybridized carbons (Fsp3) is 0. The third kappa shape index (κ3) is 1.05. The van der Waals surface area contributed by atoms with Gasteiger partial charge in [-0.3, -0.25) is 0 Å². The standard InChI is InChI=1S/C10H8N/c11-10-6-5-8-3-1-2-4-9(8)7-10/h1-7,11H. The van der Waals surface area contributed by atoms with Gasteiger partial charge in [0.15, 0.2) is 0 Å². The molecule has 0 saturated heterocycles. The lowest BCUT2D eigenvalue weighted by atomic mass is 10.1. The molecule has 0 aromatic heterocycles. The minimum Gasteiger partial charge on any atom is -0.301 e. The first kappa shape index (κ1) is 6.23. The molecule has 0 unspecified atom stereocenters. The largest absolute Gasteiger partial charge is 0.301 e. The Morgan fingerprint density at radius 2 is 1.55 bits per heavy atom. The Morgan fingerprint density at radius 3 is 2.36 bits per heavy atom. The fourth-order valence-electron chi connectivity index (χ4n) is 1.19. The Balaban J connectivity index is 2.83. The highest BCUT2D eigenvalue weighted by Gasteiger charge is 1.90. The van der Waals surface area contributed by atoms with E-state index in [-0.39, 0.29) is 0 Å². The van der Waals surface area contributed by atoms with Crippen LogP contribution < -0.4 is 5.73 Å². The van der Waals surface area contributed by atoms with Crippen LogP contribution in [0.5, 0.6) is 0 Å². The maximum absolute atomic E-state index is 7.38. The lowest BCUT2D eigenvalue weighted by molar-refractivity contribution is 1.51. The second-order valence-electron chi connectivity index (χ2n) is 2.56. The molecule has 1 heteroatoms. The molecule has 0 heterocycles. The highest BCUT2D eigenvalue weighted by Crippen LogP contribution is 2.16. The van der Waals surface area contributed by atoms with Gasteiger partial charge in [-0.15, -0.1) is 0 Å². The molecule has 2 aromatic rings. The number of benzene rings is 2. The van der Waals surface area contributed by atoms with Gasteiger partial charge in [0.25, 0.3) is 0 Å². The first-order valence-electron chi connectivity index (χ1n) is 3.57. The molecule has 0 bridgehead atoms. The zero-order chi connectivity index (χ0) is 7.68. The van der Waals surface area contributed by atoms with Gasteiger partial charge in [-0.05, 0) is 22.9 Å². The molecule has 0 saturated carbocycles. The number of hydrogen-bond donors (Lipinski definition) is 0. The van der Waals surface area contributed by atoms with Crippen LogP contribution in [-0.2, 0) is 0 Å². The lowest BCUT2D eigenvalue weighted by Gasteiger charge is -1.96. The molecular formula is C10H8N. The van der Waals surface area contributed by atoms with Gasteiger partial charge in [-0.1, -0.05) is 30.3 Å². The van der Waals surface area contributed by atoms with E-state index >= 15 is 0 Å². The van der Waals surface area contributed by atoms with Crippen molar-refractivity contribution in [3.63, 3.8) is 0 Å². The normalized spacial score (nSPS) is 10.2. The molecule has 0 amide bonds. The smallest absolute Gasteiger partial charge is 0.0546 e. The maximum atomic E-state index is 7.38. The zero-order valence-electron chi connectivity index (χ0n) is 6.04. The first-order valence-corrected chi connectivity index (χ1v) is 3.57. The van der Waals surface area contributed by atoms with Crippen LogP contribution in [0.1, 0.15) is 0 Å². The molecule has 0 atom stereocenters. The summed E-state index contributed by atoms with van der Waals surface area (Å²) in [6.45, 7) is 0. The van der Waals surface area contributed by atoms with Crippen molar-refractivity contribution in [2.24, 2.45) is 0 Å². The molecule has 1 N–H and O–H groups in total. The third-order valence-electron chi connectivity index (χ3n) is 1.75. The summed E-state index contributed by atoms with van der Waals surface area (Å²) in [4.78, 5) is 0. The van der Waals surface area contributed by atoms with E-state index in [9.17, 15) is 0 Å². The average molecular weight is 142 g/mol. The highest BCUT2D eigenvalue weighted by molar-refractivity contribution is 5.84. The Hall–Kier alpha value is -1.50. The molecule has 2 rings (SSSR count). The van der Waals surface area contributed by atoms with Crippen LogP contribution in [0.25, 0.3) is 10.8 Å². The van der Waals surface area contributed by atoms with Crippen LogP contribution in [0, 0.1) is 0 Å². The molecule has 1 nitrogen and oxygen atoms in total. The first-order chi connectivity index (χ1) is 5.36. The third-order valence-corrected chi connectivity index (χ3v) is 1.75. The molecule has 0 spiro atoms. The minimum absolute atomic E-state index is 0.573. The SMILES string of the molecule is [NH]c1ccc2ccccc2c1. The summed E-state index contributed by atoms with van der Waals surface area (Å²) < 4.78 is 0. The van der Waals surface area contributed by atoms with Crippen molar-refractivity contribution in [2.75, 3.05) is 0 Å². The van der Waals surface area contributed by atoms with E-state index in [0.717, 1.165) is 5.39 Å². The number of fused-ring (bicyclic) bond motifs is 1. The Morgan fingerprint density at radius 1 is 0.818 bits per heavy atom. The monoisotopic (exact) mass is 142 g/mol. The van der Waals surface area contributed by atoms with Gasteiger partial charge < -0.3 is 5.73 Å². The van der Waals surface area contributed by atoms with E-state index < -0.39 is 0 Å². The van der Waals surface area contributed by atoms with Gasteiger partial charge in [-0.2, -0.15) is 0 Å². The van der Waals surface area contributed by atoms with E-state index in [2.05, 4.69) is 6.07 Å². The topological polar surface area (TPSA) is 23.8 Å². The maximum Gasteiger partial charge on any atom is 0.0546 e. The van der Waals surface area contributed by atoms with Gasteiger partial charge in [0.05, 0.1) is 5.69 Å². The molecule has 2 aromatic carbocycles. The molecular weight excluding hydrogens is 134 g/mol. The predicted molar refractivity (Wildman–Crippen MR) is 46.7 cm³/mol. The van der Waals surface area contributed by atoms with Crippen LogP contribution in [0.4, 0.5) is 5.69 Å². The van der Waals surface area contributed by atoms with E-state index in [4.69, 9.17) is 5.73 Å². The molecule has 0 aliphatic heterocycles. The highest BCUT2D eigenvalue weighted by atomic mass is 14.5. The van der Waals surface area contributed by atoms with Gasteiger partial charge in [0, 0.05) is 0 Å². The van der Waals surface area contributed by atoms with Gasteiger partial charge in [0.1, 0.15) is 0 Å². The van der Waals surface area contributed by atoms with E-state index in [1.54, 1.807) is 0 Å². The molecule has 0 aliphatic carbocycles. The fourth-order valence-corrected chi connectivity index (χ4v) is 1.19. The second-order valence-corrected chi connectivity index (χ2v) is 2.56. The van der Waals surface area contributed by atoms with E-state index in [1.807, 2.05) is 36.4 Å². The summed E-state index contributed by atoms with van der Waals surface area (Å²) in [6, 6.07) is 13.7. The number of nitrogens with one attached hydrogen (secondary N) is 1. The molecule has 11 heavy (non-hydrogen) atoms. The summed E-state index contributed by atoms with van der Waals surface area (Å²) in [7, 11) is 0. The summed E-state index contributed by atoms with van der Waals surface area (Å²) in [5, 5.41) is 2.34. The summed E-state index contributed by atoms with van der Waals surface area (Å²) >= 11 is 0. The van der Waals surface area contributed by atoms with Crippen LogP contribution in [0.2, 0.25) is 0 Å². The van der Waals surface area contributed by atoms with Gasteiger partial charge >= 0.3 is 0 Å². The van der Waals surface area contributed by atoms with Crippen molar-refractivity contribution in [1.29, 1.82) is 0 Å². The van der Waals surface area contributed by atoms with Crippen molar-refractivity contribution in [2.45, 2.75) is 0 Å². The minimum atomic E-state index is 0.573. The summed E-state index contributed by atoms with van der Waals surface area (Å²) in [5.41, 5.74) is 7.95. The van der Waals surface area contributed by atoms with Crippen molar-refractivity contribution in [3.8, 4) is 0 Å². The van der Waals surface area contributed by atoms with Gasteiger partial charge in [0.2, 0.25) is 0 Å². The molecule has 53 valence electrons. The zero-order valence-corrected chi connectivity index (χ0v) is 6.04. The van der Waals surface area contributed by atoms with E-state index in [0.29, 0.717) is 5.69 Å². The average Bonchev–Trinajstić information content (AvgIpc) is 2.04. The van der Waals surface area contributed by atoms with Crippen molar-refractivity contribution in [3.05, 3.63) is 42.5 Å². The Labute approximate surface area is 65.5 Å². The Bertz CT molecular complexity index is 379. The van der Waals surface area contributed by atoms with Crippen LogP contribution in [0.3, 0.4) is 0 Å². The number of hydrogen-bond acceptors (Lipinski definition) is 0. The molecule has 0 fully saturated rings. The number of rotatable bonds is 0. The molecule has 0 aliphatic rings. The van der Waals surface area contributed by atoms with Crippen LogP contribution >= 0.6 is 0 Å². The summed E-state index contributed by atoms with van der Waals surface area (Å²) in [5.74, 6) is 0. The van der Waals surface area contributed by atoms with Crippen molar-refractivity contribution in [1.82, 2.24) is 5.73 Å². The van der Waals surface area contributed by atoms with Crippen molar-refractivity contribution >= 4 is 16.5 Å². The van der Waals surface area contributed by atoms with Crippen LogP contribution in [0.15, 0.2) is 42.5 Å². The quantitative estimate of drug-likeness (QED) is 0.540. The predicted octanol–water partition coefficient (Wildman–Crippen LogP) is 2.75. The lowest BCUT2D eigenvalue weighted by Crippen LogP contribution is -1.71. The summed E-state index contributed by atoms with van der Waals surface area (Å²) in [6.07, 6.45) is 0. The Kier molecular flexibility index (Phi) is 1.29. The van der Waals surface area contributed by atoms with Gasteiger partial charge in [-0.25, -0.2) is 0 Å². The second kappa shape index (κ2) is 2.27. The van der Waals surface area contributed by atoms with Crippen molar-refractivity contribution < 1.29 is 0 Å².